The highest BCUT2D eigenvalue weighted by Gasteiger charge is 2.09. The Hall–Kier alpha value is -2.21. The van der Waals surface area contributed by atoms with Crippen molar-refractivity contribution in [1.82, 2.24) is 4.98 Å². The summed E-state index contributed by atoms with van der Waals surface area (Å²) < 4.78 is 0. The number of ketones is 1. The van der Waals surface area contributed by atoms with Crippen LogP contribution < -0.4 is 10.6 Å². The maximum Gasteiger partial charge on any atom is 0.325 e. The smallest absolute Gasteiger partial charge is 0.308 e. The van der Waals surface area contributed by atoms with E-state index in [0.29, 0.717) is 22.3 Å². The third-order valence-corrected chi connectivity index (χ3v) is 4.08. The molecule has 2 rings (SSSR count). The number of carbonyl (C=O) groups excluding carboxylic acids is 2. The van der Waals surface area contributed by atoms with Crippen molar-refractivity contribution in [3.05, 3.63) is 40.9 Å². The number of rotatable bonds is 4. The molecule has 0 spiro atoms. The van der Waals surface area contributed by atoms with Gasteiger partial charge in [0.15, 0.2) is 10.9 Å². The fourth-order valence-corrected chi connectivity index (χ4v) is 2.47. The SMILES string of the molecule is CC(=O)c1ccc(NC(=O)Nc2ncc(C(C)C)s2)cc1. The zero-order valence-corrected chi connectivity index (χ0v) is 13.0. The Kier molecular flexibility index (Phi) is 4.70. The molecule has 21 heavy (non-hydrogen) atoms. The lowest BCUT2D eigenvalue weighted by molar-refractivity contribution is 0.101. The van der Waals surface area contributed by atoms with Crippen LogP contribution in [0.25, 0.3) is 0 Å². The molecule has 0 unspecified atom stereocenters. The van der Waals surface area contributed by atoms with Gasteiger partial charge in [0, 0.05) is 22.3 Å². The molecule has 2 amide bonds. The van der Waals surface area contributed by atoms with Crippen LogP contribution in [0.5, 0.6) is 0 Å². The van der Waals surface area contributed by atoms with Crippen LogP contribution in [-0.4, -0.2) is 16.8 Å². The number of hydrogen-bond donors (Lipinski definition) is 2. The third kappa shape index (κ3) is 4.13. The number of amides is 2. The molecule has 2 aromatic rings. The van der Waals surface area contributed by atoms with Gasteiger partial charge in [-0.15, -0.1) is 11.3 Å². The van der Waals surface area contributed by atoms with Gasteiger partial charge in [0.1, 0.15) is 0 Å². The first-order valence-corrected chi connectivity index (χ1v) is 7.42. The number of carbonyl (C=O) groups is 2. The fraction of sp³-hybridized carbons (Fsp3) is 0.267. The molecular formula is C15H17N3O2S. The summed E-state index contributed by atoms with van der Waals surface area (Å²) in [6, 6.07) is 6.39. The lowest BCUT2D eigenvalue weighted by Gasteiger charge is -2.05. The van der Waals surface area contributed by atoms with Crippen molar-refractivity contribution in [2.24, 2.45) is 0 Å². The van der Waals surface area contributed by atoms with E-state index in [1.54, 1.807) is 30.5 Å². The molecule has 0 saturated carbocycles. The molecule has 0 saturated heterocycles. The standard InChI is InChI=1S/C15H17N3O2S/c1-9(2)13-8-16-15(21-13)18-14(20)17-12-6-4-11(5-7-12)10(3)19/h4-9H,1-3H3,(H2,16,17,18,20). The van der Waals surface area contributed by atoms with Crippen LogP contribution in [0.4, 0.5) is 15.6 Å². The zero-order chi connectivity index (χ0) is 15.4. The number of thiazole rings is 1. The minimum Gasteiger partial charge on any atom is -0.308 e. The normalized spacial score (nSPS) is 10.5. The van der Waals surface area contributed by atoms with Crippen molar-refractivity contribution in [1.29, 1.82) is 0 Å². The molecule has 0 bridgehead atoms. The molecule has 1 aromatic heterocycles. The summed E-state index contributed by atoms with van der Waals surface area (Å²) in [6.07, 6.45) is 1.77. The fourth-order valence-electron chi connectivity index (χ4n) is 1.66. The average molecular weight is 303 g/mol. The van der Waals surface area contributed by atoms with Crippen molar-refractivity contribution >= 4 is 34.0 Å². The van der Waals surface area contributed by atoms with Crippen LogP contribution in [0, 0.1) is 0 Å². The van der Waals surface area contributed by atoms with Gasteiger partial charge < -0.3 is 5.32 Å². The predicted molar refractivity (Wildman–Crippen MR) is 85.3 cm³/mol. The number of benzene rings is 1. The Morgan fingerprint density at radius 1 is 1.14 bits per heavy atom. The first kappa shape index (κ1) is 15.2. The third-order valence-electron chi connectivity index (χ3n) is 2.86. The van der Waals surface area contributed by atoms with Gasteiger partial charge in [-0.1, -0.05) is 13.8 Å². The molecule has 5 nitrogen and oxygen atoms in total. The highest BCUT2D eigenvalue weighted by atomic mass is 32.1. The van der Waals surface area contributed by atoms with E-state index in [0.717, 1.165) is 4.88 Å². The van der Waals surface area contributed by atoms with E-state index >= 15 is 0 Å². The first-order chi connectivity index (χ1) is 9.95. The predicted octanol–water partition coefficient (Wildman–Crippen LogP) is 4.11. The Balaban J connectivity index is 1.96. The maximum atomic E-state index is 11.9. The maximum absolute atomic E-state index is 11.9. The van der Waals surface area contributed by atoms with Crippen LogP contribution in [0.2, 0.25) is 0 Å². The highest BCUT2D eigenvalue weighted by Crippen LogP contribution is 2.25. The lowest BCUT2D eigenvalue weighted by atomic mass is 10.1. The minimum atomic E-state index is -0.352. The van der Waals surface area contributed by atoms with Crippen molar-refractivity contribution < 1.29 is 9.59 Å². The second-order valence-corrected chi connectivity index (χ2v) is 6.00. The van der Waals surface area contributed by atoms with Gasteiger partial charge in [0.05, 0.1) is 0 Å². The van der Waals surface area contributed by atoms with Crippen LogP contribution in [0.3, 0.4) is 0 Å². The molecule has 2 N–H and O–H groups in total. The molecule has 0 radical (unpaired) electrons. The largest absolute Gasteiger partial charge is 0.325 e. The summed E-state index contributed by atoms with van der Waals surface area (Å²) in [5, 5.41) is 5.96. The van der Waals surface area contributed by atoms with E-state index in [1.165, 1.54) is 18.3 Å². The molecule has 0 atom stereocenters. The topological polar surface area (TPSA) is 71.1 Å². The summed E-state index contributed by atoms with van der Waals surface area (Å²) in [5.41, 5.74) is 1.24. The molecule has 1 aromatic carbocycles. The molecule has 1 heterocycles. The van der Waals surface area contributed by atoms with Gasteiger partial charge in [0.2, 0.25) is 0 Å². The van der Waals surface area contributed by atoms with Gasteiger partial charge in [-0.3, -0.25) is 10.1 Å². The van der Waals surface area contributed by atoms with Gasteiger partial charge in [0.25, 0.3) is 0 Å². The second-order valence-electron chi connectivity index (χ2n) is 4.94. The summed E-state index contributed by atoms with van der Waals surface area (Å²) in [4.78, 5) is 28.3. The summed E-state index contributed by atoms with van der Waals surface area (Å²) in [7, 11) is 0. The highest BCUT2D eigenvalue weighted by molar-refractivity contribution is 7.15. The number of hydrogen-bond acceptors (Lipinski definition) is 4. The van der Waals surface area contributed by atoms with Gasteiger partial charge in [-0.25, -0.2) is 9.78 Å². The molecule has 0 aliphatic heterocycles. The molecule has 6 heteroatoms. The monoisotopic (exact) mass is 303 g/mol. The Labute approximate surface area is 127 Å². The molecule has 110 valence electrons. The van der Waals surface area contributed by atoms with E-state index in [1.807, 2.05) is 0 Å². The number of aromatic nitrogens is 1. The second kappa shape index (κ2) is 6.49. The molecule has 0 aliphatic carbocycles. The zero-order valence-electron chi connectivity index (χ0n) is 12.1. The van der Waals surface area contributed by atoms with Gasteiger partial charge in [-0.2, -0.15) is 0 Å². The van der Waals surface area contributed by atoms with Crippen LogP contribution in [0.15, 0.2) is 30.5 Å². The van der Waals surface area contributed by atoms with Crippen LogP contribution >= 0.6 is 11.3 Å². The number of anilines is 2. The van der Waals surface area contributed by atoms with Crippen molar-refractivity contribution in [3.63, 3.8) is 0 Å². The van der Waals surface area contributed by atoms with E-state index in [9.17, 15) is 9.59 Å². The first-order valence-electron chi connectivity index (χ1n) is 6.60. The van der Waals surface area contributed by atoms with E-state index in [-0.39, 0.29) is 11.8 Å². The van der Waals surface area contributed by atoms with E-state index in [4.69, 9.17) is 0 Å². The van der Waals surface area contributed by atoms with E-state index in [2.05, 4.69) is 29.5 Å². The lowest BCUT2D eigenvalue weighted by Crippen LogP contribution is -2.19. The van der Waals surface area contributed by atoms with Gasteiger partial charge in [-0.05, 0) is 37.1 Å². The Morgan fingerprint density at radius 2 is 1.81 bits per heavy atom. The number of urea groups is 1. The van der Waals surface area contributed by atoms with E-state index < -0.39 is 0 Å². The van der Waals surface area contributed by atoms with Crippen LogP contribution in [0.1, 0.15) is 41.9 Å². The number of Topliss-reactive ketones (excluding diaryl/α,β-unsaturated/α-hetero) is 1. The molecule has 0 fully saturated rings. The summed E-state index contributed by atoms with van der Waals surface area (Å²) in [5.74, 6) is 0.384. The van der Waals surface area contributed by atoms with Crippen molar-refractivity contribution in [2.75, 3.05) is 10.6 Å². The number of nitrogens with zero attached hydrogens (tertiary/aromatic N) is 1. The Morgan fingerprint density at radius 3 is 2.33 bits per heavy atom. The average Bonchev–Trinajstić information content (AvgIpc) is 2.87. The quantitative estimate of drug-likeness (QED) is 0.835. The number of nitrogens with one attached hydrogen (secondary N) is 2. The molecule has 0 aliphatic rings. The summed E-state index contributed by atoms with van der Waals surface area (Å²) in [6.45, 7) is 5.66. The summed E-state index contributed by atoms with van der Waals surface area (Å²) >= 11 is 1.46. The van der Waals surface area contributed by atoms with Crippen molar-refractivity contribution in [3.8, 4) is 0 Å². The Bertz CT molecular complexity index is 647. The van der Waals surface area contributed by atoms with Crippen LogP contribution in [-0.2, 0) is 0 Å². The van der Waals surface area contributed by atoms with Crippen molar-refractivity contribution in [2.45, 2.75) is 26.7 Å². The van der Waals surface area contributed by atoms with Gasteiger partial charge >= 0.3 is 6.03 Å². The molecular weight excluding hydrogens is 286 g/mol. The minimum absolute atomic E-state index is 0.00463.